The Labute approximate surface area is 264 Å². The van der Waals surface area contributed by atoms with E-state index in [0.717, 1.165) is 0 Å². The molecule has 0 amide bonds. The molecule has 210 valence electrons. The molecule has 11 rings (SSSR count). The summed E-state index contributed by atoms with van der Waals surface area (Å²) < 4.78 is 0. The Balaban J connectivity index is 1.23. The van der Waals surface area contributed by atoms with Crippen LogP contribution in [0.1, 0.15) is 0 Å². The van der Waals surface area contributed by atoms with Crippen molar-refractivity contribution in [2.75, 3.05) is 0 Å². The normalized spacial score (nSPS) is 12.3. The molecule has 0 nitrogen and oxygen atoms in total. The summed E-state index contributed by atoms with van der Waals surface area (Å²) >= 11 is 0. The van der Waals surface area contributed by atoms with Crippen molar-refractivity contribution in [3.63, 3.8) is 0 Å². The molecule has 0 aliphatic carbocycles. The van der Waals surface area contributed by atoms with Gasteiger partial charge in [-0.1, -0.05) is 109 Å². The van der Waals surface area contributed by atoms with E-state index < -0.39 is 0 Å². The third-order valence-corrected chi connectivity index (χ3v) is 10.5. The van der Waals surface area contributed by atoms with Crippen LogP contribution >= 0.6 is 0 Å². The summed E-state index contributed by atoms with van der Waals surface area (Å²) in [5.74, 6) is 0. The Bertz CT molecular complexity index is 2910. The van der Waals surface area contributed by atoms with Crippen molar-refractivity contribution >= 4 is 108 Å². The fourth-order valence-corrected chi connectivity index (χ4v) is 8.36. The quantitative estimate of drug-likeness (QED) is 0.124. The van der Waals surface area contributed by atoms with Crippen LogP contribution in [0.5, 0.6) is 0 Å². The van der Waals surface area contributed by atoms with Crippen molar-refractivity contribution in [1.29, 1.82) is 0 Å². The van der Waals surface area contributed by atoms with Crippen LogP contribution in [0.15, 0.2) is 158 Å². The highest BCUT2D eigenvalue weighted by Crippen LogP contribution is 2.41. The van der Waals surface area contributed by atoms with E-state index in [1.54, 1.807) is 0 Å². The highest BCUT2D eigenvalue weighted by Gasteiger charge is 2.13. The van der Waals surface area contributed by atoms with E-state index in [2.05, 4.69) is 158 Å². The van der Waals surface area contributed by atoms with Gasteiger partial charge < -0.3 is 0 Å². The van der Waals surface area contributed by atoms with Crippen LogP contribution in [-0.2, 0) is 0 Å². The maximum Gasteiger partial charge on any atom is -0.00926 e. The third kappa shape index (κ3) is 3.23. The molecule has 0 fully saturated rings. The van der Waals surface area contributed by atoms with Gasteiger partial charge in [-0.2, -0.15) is 0 Å². The fraction of sp³-hybridized carbons (Fsp3) is 0. The lowest BCUT2D eigenvalue weighted by Gasteiger charge is -2.14. The van der Waals surface area contributed by atoms with Gasteiger partial charge in [0.1, 0.15) is 0 Å². The molecule has 0 saturated carbocycles. The summed E-state index contributed by atoms with van der Waals surface area (Å²) in [6, 6.07) is 59.2. The number of fused-ring (bicyclic) bond motifs is 17. The SMILES string of the molecule is c1ccc2c(c1)c1ccccc1c1cc3cc4c(ccc5cc6cc7c8ccccc8c8ccccc8c7cc6cc54)cc3cc21. The molecule has 0 saturated heterocycles. The van der Waals surface area contributed by atoms with Crippen LogP contribution < -0.4 is 0 Å². The van der Waals surface area contributed by atoms with Gasteiger partial charge in [0.05, 0.1) is 0 Å². The number of hydrogen-bond acceptors (Lipinski definition) is 0. The number of rotatable bonds is 0. The third-order valence-electron chi connectivity index (χ3n) is 10.5. The van der Waals surface area contributed by atoms with Gasteiger partial charge in [-0.25, -0.2) is 0 Å². The number of benzene rings is 11. The average Bonchev–Trinajstić information content (AvgIpc) is 3.12. The minimum absolute atomic E-state index is 1.28. The summed E-state index contributed by atoms with van der Waals surface area (Å²) in [6.07, 6.45) is 0. The van der Waals surface area contributed by atoms with E-state index in [0.29, 0.717) is 0 Å². The smallest absolute Gasteiger partial charge is 0.00926 e. The molecule has 11 aromatic rings. The standard InChI is InChI=1S/C46H26/c1-5-13-37-33(9-1)35-11-3-7-15-39(35)45-25-31-21-41-27(19-29(31)23-43(37)45)17-18-28-20-30-24-44-38-14-6-2-10-34(38)36-12-4-8-16-40(36)46(44)26-32(30)22-42(28)41/h1-26H. The van der Waals surface area contributed by atoms with E-state index in [4.69, 9.17) is 0 Å². The minimum Gasteiger partial charge on any atom is -0.0616 e. The Hall–Kier alpha value is -5.98. The zero-order chi connectivity index (χ0) is 29.9. The van der Waals surface area contributed by atoms with Gasteiger partial charge in [-0.3, -0.25) is 0 Å². The lowest BCUT2D eigenvalue weighted by molar-refractivity contribution is 1.79. The first-order valence-electron chi connectivity index (χ1n) is 16.1. The predicted octanol–water partition coefficient (Wildman–Crippen LogP) is 13.2. The summed E-state index contributed by atoms with van der Waals surface area (Å²) in [6.45, 7) is 0. The van der Waals surface area contributed by atoms with Crippen LogP contribution in [0.3, 0.4) is 0 Å². The molecule has 0 bridgehead atoms. The van der Waals surface area contributed by atoms with Crippen LogP contribution in [-0.4, -0.2) is 0 Å². The van der Waals surface area contributed by atoms with Gasteiger partial charge in [0.2, 0.25) is 0 Å². The summed E-state index contributed by atoms with van der Waals surface area (Å²) in [5, 5.41) is 26.1. The van der Waals surface area contributed by atoms with Crippen LogP contribution in [0.2, 0.25) is 0 Å². The van der Waals surface area contributed by atoms with Gasteiger partial charge in [0, 0.05) is 0 Å². The van der Waals surface area contributed by atoms with Gasteiger partial charge in [-0.15, -0.1) is 0 Å². The van der Waals surface area contributed by atoms with Crippen molar-refractivity contribution in [2.45, 2.75) is 0 Å². The van der Waals surface area contributed by atoms with Gasteiger partial charge >= 0.3 is 0 Å². The summed E-state index contributed by atoms with van der Waals surface area (Å²) in [5.41, 5.74) is 0. The van der Waals surface area contributed by atoms with Crippen LogP contribution in [0.4, 0.5) is 0 Å². The highest BCUT2D eigenvalue weighted by molar-refractivity contribution is 6.29. The molecule has 0 aliphatic rings. The Kier molecular flexibility index (Phi) is 4.66. The zero-order valence-corrected chi connectivity index (χ0v) is 25.0. The second kappa shape index (κ2) is 8.81. The second-order valence-electron chi connectivity index (χ2n) is 12.9. The van der Waals surface area contributed by atoms with E-state index in [1.807, 2.05) is 0 Å². The average molecular weight is 579 g/mol. The molecule has 0 aliphatic heterocycles. The lowest BCUT2D eigenvalue weighted by Crippen LogP contribution is -1.86. The van der Waals surface area contributed by atoms with Crippen molar-refractivity contribution in [3.8, 4) is 0 Å². The first-order chi connectivity index (χ1) is 22.8. The van der Waals surface area contributed by atoms with Crippen LogP contribution in [0, 0.1) is 0 Å². The van der Waals surface area contributed by atoms with E-state index in [9.17, 15) is 0 Å². The van der Waals surface area contributed by atoms with E-state index in [-0.39, 0.29) is 0 Å². The summed E-state index contributed by atoms with van der Waals surface area (Å²) in [4.78, 5) is 0. The Morgan fingerprint density at radius 2 is 0.370 bits per heavy atom. The highest BCUT2D eigenvalue weighted by atomic mass is 14.2. The van der Waals surface area contributed by atoms with Crippen LogP contribution in [0.25, 0.3) is 108 Å². The predicted molar refractivity (Wildman–Crippen MR) is 202 cm³/mol. The molecule has 0 aromatic heterocycles. The molecule has 0 radical (unpaired) electrons. The monoisotopic (exact) mass is 578 g/mol. The first-order valence-corrected chi connectivity index (χ1v) is 16.1. The molecular formula is C46H26. The topological polar surface area (TPSA) is 0 Å². The molecule has 0 unspecified atom stereocenters. The van der Waals surface area contributed by atoms with Crippen molar-refractivity contribution in [1.82, 2.24) is 0 Å². The molecule has 0 N–H and O–H groups in total. The molecule has 0 heteroatoms. The maximum absolute atomic E-state index is 2.42. The van der Waals surface area contributed by atoms with Crippen molar-refractivity contribution in [2.24, 2.45) is 0 Å². The van der Waals surface area contributed by atoms with Gasteiger partial charge in [-0.05, 0) is 156 Å². The minimum atomic E-state index is 1.28. The number of hydrogen-bond donors (Lipinski definition) is 0. The molecule has 46 heavy (non-hydrogen) atoms. The van der Waals surface area contributed by atoms with E-state index >= 15 is 0 Å². The Morgan fingerprint density at radius 1 is 0.152 bits per heavy atom. The maximum atomic E-state index is 2.42. The van der Waals surface area contributed by atoms with Gasteiger partial charge in [0.25, 0.3) is 0 Å². The zero-order valence-electron chi connectivity index (χ0n) is 25.0. The first kappa shape index (κ1) is 24.4. The van der Waals surface area contributed by atoms with E-state index in [1.165, 1.54) is 108 Å². The largest absolute Gasteiger partial charge is 0.0616 e. The molecule has 11 aromatic carbocycles. The van der Waals surface area contributed by atoms with Crippen molar-refractivity contribution < 1.29 is 0 Å². The lowest BCUT2D eigenvalue weighted by atomic mass is 9.90. The van der Waals surface area contributed by atoms with Crippen molar-refractivity contribution in [3.05, 3.63) is 158 Å². The Morgan fingerprint density at radius 3 is 0.652 bits per heavy atom. The molecule has 0 atom stereocenters. The van der Waals surface area contributed by atoms with Gasteiger partial charge in [0.15, 0.2) is 0 Å². The second-order valence-corrected chi connectivity index (χ2v) is 12.9. The fourth-order valence-electron chi connectivity index (χ4n) is 8.36. The molecular weight excluding hydrogens is 553 g/mol. The summed E-state index contributed by atoms with van der Waals surface area (Å²) in [7, 11) is 0. The molecule has 0 spiro atoms. The molecule has 0 heterocycles.